The van der Waals surface area contributed by atoms with Crippen LogP contribution in [0.5, 0.6) is 0 Å². The van der Waals surface area contributed by atoms with Crippen LogP contribution in [0.4, 0.5) is 0 Å². The summed E-state index contributed by atoms with van der Waals surface area (Å²) in [6.07, 6.45) is 5.34. The first kappa shape index (κ1) is 16.4. The van der Waals surface area contributed by atoms with Crippen molar-refractivity contribution in [2.75, 3.05) is 6.61 Å². The molecule has 0 fully saturated rings. The van der Waals surface area contributed by atoms with Gasteiger partial charge in [-0.05, 0) is 18.8 Å². The van der Waals surface area contributed by atoms with Gasteiger partial charge in [-0.2, -0.15) is 0 Å². The largest absolute Gasteiger partial charge is 0.464 e. The van der Waals surface area contributed by atoms with Crippen LogP contribution in [-0.2, 0) is 19.1 Å². The molecule has 1 aliphatic heterocycles. The van der Waals surface area contributed by atoms with Gasteiger partial charge in [-0.3, -0.25) is 14.5 Å². The van der Waals surface area contributed by atoms with Gasteiger partial charge in [0, 0.05) is 12.2 Å². The molecule has 2 atom stereocenters. The van der Waals surface area contributed by atoms with Gasteiger partial charge < -0.3 is 4.74 Å². The molecule has 5 heteroatoms. The minimum Gasteiger partial charge on any atom is -0.464 e. The number of hydrogen-bond acceptors (Lipinski definition) is 4. The molecule has 0 aliphatic carbocycles. The minimum absolute atomic E-state index is 0.331. The maximum atomic E-state index is 12.1. The number of esters is 1. The Morgan fingerprint density at radius 1 is 1.20 bits per heavy atom. The summed E-state index contributed by atoms with van der Waals surface area (Å²) in [7, 11) is 0. The summed E-state index contributed by atoms with van der Waals surface area (Å²) in [4.78, 5) is 36.4. The van der Waals surface area contributed by atoms with Gasteiger partial charge in [0.25, 0.3) is 11.8 Å². The average Bonchev–Trinajstić information content (AvgIpc) is 2.75. The third-order valence-corrected chi connectivity index (χ3v) is 3.54. The zero-order valence-corrected chi connectivity index (χ0v) is 12.4. The zero-order valence-electron chi connectivity index (χ0n) is 12.4. The maximum Gasteiger partial charge on any atom is 0.329 e. The highest BCUT2D eigenvalue weighted by Crippen LogP contribution is 2.16. The molecule has 0 N–H and O–H groups in total. The second kappa shape index (κ2) is 7.82. The van der Waals surface area contributed by atoms with Crippen molar-refractivity contribution in [3.63, 3.8) is 0 Å². The van der Waals surface area contributed by atoms with Gasteiger partial charge in [0.05, 0.1) is 6.61 Å². The van der Waals surface area contributed by atoms with E-state index < -0.39 is 23.8 Å². The van der Waals surface area contributed by atoms with Gasteiger partial charge in [-0.15, -0.1) is 0 Å². The lowest BCUT2D eigenvalue weighted by atomic mass is 10.1. The van der Waals surface area contributed by atoms with Crippen LogP contribution < -0.4 is 0 Å². The number of rotatable bonds is 8. The molecule has 5 nitrogen and oxygen atoms in total. The predicted molar refractivity (Wildman–Crippen MR) is 74.7 cm³/mol. The van der Waals surface area contributed by atoms with E-state index in [0.29, 0.717) is 25.4 Å². The summed E-state index contributed by atoms with van der Waals surface area (Å²) in [5.74, 6) is -0.871. The van der Waals surface area contributed by atoms with E-state index >= 15 is 0 Å². The number of imide groups is 1. The second-order valence-electron chi connectivity index (χ2n) is 5.15. The van der Waals surface area contributed by atoms with Gasteiger partial charge in [0.1, 0.15) is 6.04 Å². The van der Waals surface area contributed by atoms with Gasteiger partial charge in [0.15, 0.2) is 0 Å². The molecule has 1 rings (SSSR count). The Hall–Kier alpha value is -1.65. The lowest BCUT2D eigenvalue weighted by Gasteiger charge is -2.24. The molecular weight excluding hydrogens is 258 g/mol. The van der Waals surface area contributed by atoms with Gasteiger partial charge in [0.2, 0.25) is 0 Å². The highest BCUT2D eigenvalue weighted by Gasteiger charge is 2.36. The van der Waals surface area contributed by atoms with Crippen LogP contribution in [0, 0.1) is 5.92 Å². The maximum absolute atomic E-state index is 12.1. The van der Waals surface area contributed by atoms with Gasteiger partial charge >= 0.3 is 5.97 Å². The Morgan fingerprint density at radius 2 is 1.80 bits per heavy atom. The fraction of sp³-hybridized carbons (Fsp3) is 0.667. The monoisotopic (exact) mass is 281 g/mol. The van der Waals surface area contributed by atoms with Crippen molar-refractivity contribution in [3.05, 3.63) is 12.2 Å². The Kier molecular flexibility index (Phi) is 6.42. The molecule has 1 aliphatic rings. The molecule has 112 valence electrons. The SMILES string of the molecule is CCCC(C(=O)OCCC(C)CC)N1C(=O)C=CC1=O. The first-order valence-electron chi connectivity index (χ1n) is 7.23. The summed E-state index contributed by atoms with van der Waals surface area (Å²) in [5, 5.41) is 0. The van der Waals surface area contributed by atoms with Crippen LogP contribution in [0.15, 0.2) is 12.2 Å². The van der Waals surface area contributed by atoms with Crippen LogP contribution in [0.1, 0.15) is 46.5 Å². The molecule has 0 aromatic rings. The molecule has 2 unspecified atom stereocenters. The van der Waals surface area contributed by atoms with Crippen molar-refractivity contribution in [2.45, 2.75) is 52.5 Å². The normalized spacial score (nSPS) is 17.4. The smallest absolute Gasteiger partial charge is 0.329 e. The van der Waals surface area contributed by atoms with E-state index in [1.165, 1.54) is 12.2 Å². The van der Waals surface area contributed by atoms with E-state index in [4.69, 9.17) is 4.74 Å². The van der Waals surface area contributed by atoms with Crippen molar-refractivity contribution < 1.29 is 19.1 Å². The lowest BCUT2D eigenvalue weighted by molar-refractivity contribution is -0.158. The van der Waals surface area contributed by atoms with E-state index in [2.05, 4.69) is 13.8 Å². The van der Waals surface area contributed by atoms with Gasteiger partial charge in [-0.25, -0.2) is 4.79 Å². The summed E-state index contributed by atoms with van der Waals surface area (Å²) in [6.45, 7) is 6.41. The van der Waals surface area contributed by atoms with Crippen molar-refractivity contribution in [3.8, 4) is 0 Å². The van der Waals surface area contributed by atoms with Gasteiger partial charge in [-0.1, -0.05) is 33.6 Å². The number of carbonyl (C=O) groups excluding carboxylic acids is 3. The van der Waals surface area contributed by atoms with E-state index in [1.807, 2.05) is 6.92 Å². The fourth-order valence-corrected chi connectivity index (χ4v) is 2.01. The predicted octanol–water partition coefficient (Wildman–Crippen LogP) is 2.06. The molecule has 1 heterocycles. The minimum atomic E-state index is -0.799. The fourth-order valence-electron chi connectivity index (χ4n) is 2.01. The van der Waals surface area contributed by atoms with Crippen molar-refractivity contribution in [1.29, 1.82) is 0 Å². The lowest BCUT2D eigenvalue weighted by Crippen LogP contribution is -2.45. The quantitative estimate of drug-likeness (QED) is 0.504. The van der Waals surface area contributed by atoms with Crippen LogP contribution in [-0.4, -0.2) is 35.3 Å². The molecule has 2 amide bonds. The van der Waals surface area contributed by atoms with Crippen molar-refractivity contribution >= 4 is 17.8 Å². The Labute approximate surface area is 120 Å². The highest BCUT2D eigenvalue weighted by atomic mass is 16.5. The summed E-state index contributed by atoms with van der Waals surface area (Å²) in [6, 6.07) is -0.799. The molecule has 0 bridgehead atoms. The zero-order chi connectivity index (χ0) is 15.1. The molecule has 0 radical (unpaired) electrons. The molecule has 0 aromatic carbocycles. The molecular formula is C15H23NO4. The molecule has 0 aromatic heterocycles. The average molecular weight is 281 g/mol. The number of ether oxygens (including phenoxy) is 1. The first-order chi connectivity index (χ1) is 9.51. The van der Waals surface area contributed by atoms with Crippen molar-refractivity contribution in [1.82, 2.24) is 4.90 Å². The van der Waals surface area contributed by atoms with Crippen LogP contribution >= 0.6 is 0 Å². The van der Waals surface area contributed by atoms with Crippen LogP contribution in [0.3, 0.4) is 0 Å². The summed E-state index contributed by atoms with van der Waals surface area (Å²) in [5.41, 5.74) is 0. The standard InChI is InChI=1S/C15H23NO4/c1-4-6-12(16-13(17)7-8-14(16)18)15(19)20-10-9-11(3)5-2/h7-8,11-12H,4-6,9-10H2,1-3H3. The number of amides is 2. The molecule has 0 spiro atoms. The van der Waals surface area contributed by atoms with E-state index in [-0.39, 0.29) is 0 Å². The third kappa shape index (κ3) is 4.18. The number of hydrogen-bond donors (Lipinski definition) is 0. The van der Waals surface area contributed by atoms with E-state index in [9.17, 15) is 14.4 Å². The first-order valence-corrected chi connectivity index (χ1v) is 7.23. The Balaban J connectivity index is 2.59. The molecule has 0 saturated carbocycles. The van der Waals surface area contributed by atoms with E-state index in [1.54, 1.807) is 0 Å². The van der Waals surface area contributed by atoms with Crippen LogP contribution in [0.2, 0.25) is 0 Å². The summed E-state index contributed by atoms with van der Waals surface area (Å²) >= 11 is 0. The van der Waals surface area contributed by atoms with Crippen molar-refractivity contribution in [2.24, 2.45) is 5.92 Å². The van der Waals surface area contributed by atoms with E-state index in [0.717, 1.165) is 17.7 Å². The number of nitrogens with zero attached hydrogens (tertiary/aromatic N) is 1. The third-order valence-electron chi connectivity index (χ3n) is 3.54. The Morgan fingerprint density at radius 3 is 2.30 bits per heavy atom. The topological polar surface area (TPSA) is 63.7 Å². The molecule has 20 heavy (non-hydrogen) atoms. The second-order valence-corrected chi connectivity index (χ2v) is 5.15. The highest BCUT2D eigenvalue weighted by molar-refractivity contribution is 6.14. The Bertz CT molecular complexity index is 385. The molecule has 0 saturated heterocycles. The van der Waals surface area contributed by atoms with Crippen LogP contribution in [0.25, 0.3) is 0 Å². The number of carbonyl (C=O) groups is 3. The summed E-state index contributed by atoms with van der Waals surface area (Å²) < 4.78 is 5.23.